The number of benzene rings is 1. The normalized spacial score (nSPS) is 26.0. The van der Waals surface area contributed by atoms with Gasteiger partial charge in [0, 0.05) is 0 Å². The highest BCUT2D eigenvalue weighted by Gasteiger charge is 2.56. The Kier molecular flexibility index (Phi) is 7.76. The Hall–Kier alpha value is -3.16. The Morgan fingerprint density at radius 2 is 2.11 bits per heavy atom. The van der Waals surface area contributed by atoms with E-state index < -0.39 is 50.3 Å². The van der Waals surface area contributed by atoms with Crippen molar-refractivity contribution in [2.75, 3.05) is 18.9 Å². The minimum Gasteiger partial charge on any atom is -0.465 e. The van der Waals surface area contributed by atoms with E-state index in [1.54, 1.807) is 37.3 Å². The van der Waals surface area contributed by atoms with Gasteiger partial charge in [-0.2, -0.15) is 10.2 Å². The van der Waals surface area contributed by atoms with Crippen LogP contribution >= 0.6 is 7.75 Å². The fraction of sp³-hybridized carbons (Fsp3) is 0.455. The first kappa shape index (κ1) is 26.9. The molecule has 37 heavy (non-hydrogen) atoms. The third-order valence-electron chi connectivity index (χ3n) is 5.75. The first-order valence-corrected chi connectivity index (χ1v) is 13.0. The largest absolute Gasteiger partial charge is 0.465 e. The smallest absolute Gasteiger partial charge is 0.459 e. The molecule has 3 aromatic rings. The Morgan fingerprint density at radius 1 is 1.38 bits per heavy atom. The SMILES string of the molecule is CCOC(=O)[C@@H](C)NP(=O)(OC[C@H]1O[C@@H](c2cnc3c(N)ncnn23)[C@](C)(F)[C@@H]1O)Oc1ccccc1. The lowest BCUT2D eigenvalue weighted by Gasteiger charge is -2.25. The number of para-hydroxylation sites is 1. The Bertz CT molecular complexity index is 1290. The summed E-state index contributed by atoms with van der Waals surface area (Å²) in [6.45, 7) is 3.80. The Labute approximate surface area is 211 Å². The number of aliphatic hydroxyl groups is 1. The molecule has 1 aromatic carbocycles. The first-order valence-electron chi connectivity index (χ1n) is 11.5. The molecular weight excluding hydrogens is 510 g/mol. The van der Waals surface area contributed by atoms with Gasteiger partial charge in [0.2, 0.25) is 0 Å². The molecule has 1 fully saturated rings. The zero-order chi connectivity index (χ0) is 26.8. The number of alkyl halides is 1. The zero-order valence-corrected chi connectivity index (χ0v) is 21.2. The Balaban J connectivity index is 1.54. The minimum absolute atomic E-state index is 0.0843. The van der Waals surface area contributed by atoms with Crippen molar-refractivity contribution in [3.05, 3.63) is 48.5 Å². The zero-order valence-electron chi connectivity index (χ0n) is 20.4. The molecule has 200 valence electrons. The maximum atomic E-state index is 15.8. The van der Waals surface area contributed by atoms with E-state index in [1.165, 1.54) is 24.0 Å². The molecule has 1 unspecified atom stereocenters. The number of aromatic nitrogens is 4. The number of rotatable bonds is 10. The minimum atomic E-state index is -4.24. The predicted octanol–water partition coefficient (Wildman–Crippen LogP) is 1.98. The fourth-order valence-corrected chi connectivity index (χ4v) is 5.36. The van der Waals surface area contributed by atoms with E-state index >= 15 is 4.39 Å². The van der Waals surface area contributed by atoms with Crippen molar-refractivity contribution in [2.24, 2.45) is 0 Å². The number of nitrogens with zero attached hydrogens (tertiary/aromatic N) is 4. The maximum Gasteiger partial charge on any atom is 0.459 e. The summed E-state index contributed by atoms with van der Waals surface area (Å²) >= 11 is 0. The fourth-order valence-electron chi connectivity index (χ4n) is 3.86. The highest BCUT2D eigenvalue weighted by Crippen LogP contribution is 2.48. The predicted molar refractivity (Wildman–Crippen MR) is 128 cm³/mol. The van der Waals surface area contributed by atoms with Crippen molar-refractivity contribution in [1.82, 2.24) is 24.7 Å². The molecule has 2 aromatic heterocycles. The van der Waals surface area contributed by atoms with Crippen LogP contribution < -0.4 is 15.3 Å². The molecule has 4 N–H and O–H groups in total. The number of ether oxygens (including phenoxy) is 2. The maximum absolute atomic E-state index is 15.8. The van der Waals surface area contributed by atoms with E-state index in [0.29, 0.717) is 0 Å². The number of aliphatic hydroxyl groups excluding tert-OH is 1. The Morgan fingerprint density at radius 3 is 2.81 bits per heavy atom. The number of anilines is 1. The molecule has 0 bridgehead atoms. The van der Waals surface area contributed by atoms with Gasteiger partial charge in [0.25, 0.3) is 0 Å². The molecule has 1 saturated heterocycles. The third kappa shape index (κ3) is 5.58. The number of nitrogen functional groups attached to an aromatic ring is 1. The summed E-state index contributed by atoms with van der Waals surface area (Å²) < 4.78 is 52.5. The van der Waals surface area contributed by atoms with Gasteiger partial charge < -0.3 is 24.8 Å². The van der Waals surface area contributed by atoms with Gasteiger partial charge in [0.1, 0.15) is 36.4 Å². The van der Waals surface area contributed by atoms with Crippen LogP contribution in [0.3, 0.4) is 0 Å². The molecule has 0 spiro atoms. The number of halogens is 1. The van der Waals surface area contributed by atoms with Gasteiger partial charge >= 0.3 is 13.7 Å². The molecule has 1 aliphatic heterocycles. The number of nitrogens with two attached hydrogens (primary N) is 1. The van der Waals surface area contributed by atoms with Crippen LogP contribution in [0.5, 0.6) is 5.75 Å². The average Bonchev–Trinajstić information content (AvgIpc) is 3.38. The number of fused-ring (bicyclic) bond motifs is 1. The monoisotopic (exact) mass is 538 g/mol. The summed E-state index contributed by atoms with van der Waals surface area (Å²) in [4.78, 5) is 20.1. The molecular formula is C22H28FN6O7P. The van der Waals surface area contributed by atoms with E-state index in [9.17, 15) is 14.5 Å². The summed E-state index contributed by atoms with van der Waals surface area (Å²) in [6.07, 6.45) is -1.76. The van der Waals surface area contributed by atoms with Crippen LogP contribution in [0.1, 0.15) is 32.6 Å². The van der Waals surface area contributed by atoms with Gasteiger partial charge in [-0.1, -0.05) is 18.2 Å². The quantitative estimate of drug-likeness (QED) is 0.253. The summed E-state index contributed by atoms with van der Waals surface area (Å²) in [5.74, 6) is -0.398. The van der Waals surface area contributed by atoms with Crippen molar-refractivity contribution >= 4 is 25.2 Å². The highest BCUT2D eigenvalue weighted by molar-refractivity contribution is 7.52. The summed E-state index contributed by atoms with van der Waals surface area (Å²) in [5, 5.41) is 17.3. The van der Waals surface area contributed by atoms with E-state index in [1.807, 2.05) is 0 Å². The third-order valence-corrected chi connectivity index (χ3v) is 7.39. The number of hydrogen-bond acceptors (Lipinski definition) is 11. The molecule has 6 atom stereocenters. The number of imidazole rings is 1. The van der Waals surface area contributed by atoms with E-state index in [0.717, 1.165) is 6.92 Å². The molecule has 0 aliphatic carbocycles. The van der Waals surface area contributed by atoms with Crippen LogP contribution in [0.2, 0.25) is 0 Å². The van der Waals surface area contributed by atoms with Gasteiger partial charge in [0.15, 0.2) is 17.1 Å². The first-order chi connectivity index (χ1) is 17.6. The van der Waals surface area contributed by atoms with Crippen molar-refractivity contribution in [3.63, 3.8) is 0 Å². The molecule has 0 amide bonds. The van der Waals surface area contributed by atoms with Crippen LogP contribution in [0, 0.1) is 0 Å². The summed E-state index contributed by atoms with van der Waals surface area (Å²) in [7, 11) is -4.24. The van der Waals surface area contributed by atoms with Gasteiger partial charge in [-0.05, 0) is 32.9 Å². The average molecular weight is 538 g/mol. The van der Waals surface area contributed by atoms with Gasteiger partial charge in [-0.15, -0.1) is 0 Å². The van der Waals surface area contributed by atoms with Gasteiger partial charge in [-0.25, -0.2) is 23.4 Å². The summed E-state index contributed by atoms with van der Waals surface area (Å²) in [6, 6.07) is 7.07. The van der Waals surface area contributed by atoms with Crippen LogP contribution in [-0.2, 0) is 23.4 Å². The second-order valence-electron chi connectivity index (χ2n) is 8.51. The number of nitrogens with one attached hydrogen (secondary N) is 1. The molecule has 3 heterocycles. The second kappa shape index (κ2) is 10.7. The van der Waals surface area contributed by atoms with Crippen molar-refractivity contribution < 1.29 is 37.4 Å². The van der Waals surface area contributed by atoms with E-state index in [-0.39, 0.29) is 29.5 Å². The number of esters is 1. The van der Waals surface area contributed by atoms with Crippen LogP contribution in [-0.4, -0.2) is 67.8 Å². The molecule has 0 saturated carbocycles. The lowest BCUT2D eigenvalue weighted by atomic mass is 9.93. The lowest BCUT2D eigenvalue weighted by molar-refractivity contribution is -0.144. The van der Waals surface area contributed by atoms with Crippen LogP contribution in [0.15, 0.2) is 42.9 Å². The second-order valence-corrected chi connectivity index (χ2v) is 10.2. The van der Waals surface area contributed by atoms with Crippen molar-refractivity contribution in [1.29, 1.82) is 0 Å². The molecule has 15 heteroatoms. The van der Waals surface area contributed by atoms with Gasteiger partial charge in [-0.3, -0.25) is 9.32 Å². The summed E-state index contributed by atoms with van der Waals surface area (Å²) in [5.41, 5.74) is 3.89. The standard InChI is InChI=1S/C22H28FN6O7P/c1-4-33-21(31)13(2)28-37(32,36-14-8-6-5-7-9-14)34-11-16-17(30)22(3,23)18(35-16)15-10-25-20-19(24)26-12-27-29(15)20/h5-10,12-13,16-18,30H,4,11H2,1-3H3,(H,28,32)(H2,24,26,27)/t13-,16-,17-,18+,22-,37?/m1/s1. The lowest BCUT2D eigenvalue weighted by Crippen LogP contribution is -2.40. The molecule has 13 nitrogen and oxygen atoms in total. The molecule has 0 radical (unpaired) electrons. The van der Waals surface area contributed by atoms with Crippen molar-refractivity contribution in [2.45, 2.75) is 50.8 Å². The topological polar surface area (TPSA) is 172 Å². The van der Waals surface area contributed by atoms with Gasteiger partial charge in [0.05, 0.1) is 25.1 Å². The number of carbonyl (C=O) groups excluding carboxylic acids is 1. The number of hydrogen-bond donors (Lipinski definition) is 3. The van der Waals surface area contributed by atoms with E-state index in [2.05, 4.69) is 20.2 Å². The molecule has 4 rings (SSSR count). The highest BCUT2D eigenvalue weighted by atomic mass is 31.2. The van der Waals surface area contributed by atoms with Crippen LogP contribution in [0.25, 0.3) is 5.65 Å². The van der Waals surface area contributed by atoms with Crippen LogP contribution in [0.4, 0.5) is 10.2 Å². The number of carbonyl (C=O) groups is 1. The van der Waals surface area contributed by atoms with E-state index in [4.69, 9.17) is 24.3 Å². The molecule has 1 aliphatic rings. The van der Waals surface area contributed by atoms with Crippen molar-refractivity contribution in [3.8, 4) is 5.75 Å².